The summed E-state index contributed by atoms with van der Waals surface area (Å²) in [5, 5.41) is 8.42. The molecule has 1 rings (SSSR count). The van der Waals surface area contributed by atoms with Crippen molar-refractivity contribution in [2.45, 2.75) is 26.3 Å². The number of esters is 1. The van der Waals surface area contributed by atoms with Crippen molar-refractivity contribution in [3.63, 3.8) is 0 Å². The Balaban J connectivity index is 2.80. The van der Waals surface area contributed by atoms with E-state index in [2.05, 4.69) is 15.8 Å². The number of aryl methyl sites for hydroxylation is 1. The molecule has 0 saturated heterocycles. The Hall–Kier alpha value is -1.83. The molecular weight excluding hydrogens is 194 g/mol. The number of carbonyl (C=O) groups is 1. The van der Waals surface area contributed by atoms with E-state index in [1.807, 2.05) is 6.92 Å². The molecule has 0 radical (unpaired) electrons. The molecule has 0 N–H and O–H groups in total. The molecule has 5 nitrogen and oxygen atoms in total. The molecule has 80 valence electrons. The molecule has 0 amide bonds. The average molecular weight is 207 g/mol. The van der Waals surface area contributed by atoms with Crippen LogP contribution in [0.3, 0.4) is 0 Å². The maximum Gasteiger partial charge on any atom is 0.356 e. The Morgan fingerprint density at radius 2 is 2.47 bits per heavy atom. The van der Waals surface area contributed by atoms with E-state index in [1.54, 1.807) is 4.57 Å². The summed E-state index contributed by atoms with van der Waals surface area (Å²) in [6.07, 6.45) is 2.67. The van der Waals surface area contributed by atoms with E-state index >= 15 is 0 Å². The second kappa shape index (κ2) is 5.15. The van der Waals surface area contributed by atoms with Crippen molar-refractivity contribution in [1.29, 1.82) is 5.26 Å². The van der Waals surface area contributed by atoms with Crippen molar-refractivity contribution >= 4 is 5.97 Å². The highest BCUT2D eigenvalue weighted by Crippen LogP contribution is 2.08. The quantitative estimate of drug-likeness (QED) is 0.551. The summed E-state index contributed by atoms with van der Waals surface area (Å²) in [7, 11) is 1.34. The smallest absolute Gasteiger partial charge is 0.356 e. The van der Waals surface area contributed by atoms with Crippen molar-refractivity contribution in [2.24, 2.45) is 0 Å². The van der Waals surface area contributed by atoms with E-state index in [1.165, 1.54) is 13.3 Å². The summed E-state index contributed by atoms with van der Waals surface area (Å²) in [4.78, 5) is 15.4. The summed E-state index contributed by atoms with van der Waals surface area (Å²) in [6, 6.07) is 2.06. The molecule has 0 spiro atoms. The van der Waals surface area contributed by atoms with Gasteiger partial charge in [0.05, 0.1) is 19.4 Å². The van der Waals surface area contributed by atoms with Crippen LogP contribution in [0.25, 0.3) is 0 Å². The van der Waals surface area contributed by atoms with Gasteiger partial charge in [-0.3, -0.25) is 0 Å². The first-order chi connectivity index (χ1) is 7.20. The molecule has 0 unspecified atom stereocenters. The molecule has 0 aliphatic heterocycles. The zero-order valence-electron chi connectivity index (χ0n) is 8.86. The minimum atomic E-state index is -0.396. The number of rotatable bonds is 4. The van der Waals surface area contributed by atoms with E-state index in [0.29, 0.717) is 25.1 Å². The van der Waals surface area contributed by atoms with Gasteiger partial charge < -0.3 is 9.30 Å². The van der Waals surface area contributed by atoms with E-state index in [-0.39, 0.29) is 0 Å². The molecule has 0 aromatic carbocycles. The number of nitrogens with zero attached hydrogens (tertiary/aromatic N) is 3. The van der Waals surface area contributed by atoms with Crippen molar-refractivity contribution in [3.05, 3.63) is 17.7 Å². The van der Waals surface area contributed by atoms with E-state index < -0.39 is 5.97 Å². The lowest BCUT2D eigenvalue weighted by atomic mass is 10.3. The van der Waals surface area contributed by atoms with Gasteiger partial charge in [-0.25, -0.2) is 9.78 Å². The summed E-state index contributed by atoms with van der Waals surface area (Å²) >= 11 is 0. The van der Waals surface area contributed by atoms with Crippen LogP contribution in [-0.4, -0.2) is 22.6 Å². The normalized spacial score (nSPS) is 9.67. The summed E-state index contributed by atoms with van der Waals surface area (Å²) in [5.74, 6) is 0.362. The number of hydrogen-bond acceptors (Lipinski definition) is 4. The maximum atomic E-state index is 11.3. The van der Waals surface area contributed by atoms with Gasteiger partial charge >= 0.3 is 5.97 Å². The lowest BCUT2D eigenvalue weighted by Gasteiger charge is -2.07. The van der Waals surface area contributed by atoms with Crippen LogP contribution in [0.15, 0.2) is 6.20 Å². The molecule has 0 bridgehead atoms. The second-order valence-corrected chi connectivity index (χ2v) is 3.10. The number of ether oxygens (including phenoxy) is 1. The monoisotopic (exact) mass is 207 g/mol. The molecule has 0 atom stereocenters. The molecule has 0 saturated carbocycles. The lowest BCUT2D eigenvalue weighted by Crippen LogP contribution is -2.11. The third-order valence-electron chi connectivity index (χ3n) is 2.12. The van der Waals surface area contributed by atoms with Crippen LogP contribution in [-0.2, 0) is 11.3 Å². The average Bonchev–Trinajstić information content (AvgIpc) is 2.60. The zero-order valence-corrected chi connectivity index (χ0v) is 8.86. The molecular formula is C10H13N3O2. The highest BCUT2D eigenvalue weighted by atomic mass is 16.5. The van der Waals surface area contributed by atoms with Gasteiger partial charge in [-0.15, -0.1) is 0 Å². The highest BCUT2D eigenvalue weighted by molar-refractivity contribution is 5.87. The fraction of sp³-hybridized carbons (Fsp3) is 0.500. The Morgan fingerprint density at radius 3 is 3.07 bits per heavy atom. The van der Waals surface area contributed by atoms with Gasteiger partial charge in [0.2, 0.25) is 0 Å². The van der Waals surface area contributed by atoms with E-state index in [0.717, 1.165) is 5.82 Å². The largest absolute Gasteiger partial charge is 0.464 e. The van der Waals surface area contributed by atoms with Gasteiger partial charge in [0, 0.05) is 13.0 Å². The van der Waals surface area contributed by atoms with Crippen LogP contribution in [0.2, 0.25) is 0 Å². The van der Waals surface area contributed by atoms with Crippen LogP contribution in [0, 0.1) is 18.3 Å². The first-order valence-corrected chi connectivity index (χ1v) is 4.68. The molecule has 5 heteroatoms. The standard InChI is InChI=1S/C10H13N3O2/c1-8-12-7-9(10(14)15-2)13(8)6-4-3-5-11/h7H,3-4,6H2,1-2H3. The fourth-order valence-electron chi connectivity index (χ4n) is 1.33. The van der Waals surface area contributed by atoms with E-state index in [9.17, 15) is 4.79 Å². The van der Waals surface area contributed by atoms with Crippen molar-refractivity contribution < 1.29 is 9.53 Å². The summed E-state index contributed by atoms with van der Waals surface area (Å²) in [6.45, 7) is 2.43. The first kappa shape index (κ1) is 11.2. The van der Waals surface area contributed by atoms with Crippen molar-refractivity contribution in [1.82, 2.24) is 9.55 Å². The highest BCUT2D eigenvalue weighted by Gasteiger charge is 2.13. The number of hydrogen-bond donors (Lipinski definition) is 0. The zero-order chi connectivity index (χ0) is 11.3. The van der Waals surface area contributed by atoms with Crippen LogP contribution in [0.1, 0.15) is 29.2 Å². The maximum absolute atomic E-state index is 11.3. The number of carbonyl (C=O) groups excluding carboxylic acids is 1. The summed E-state index contributed by atoms with van der Waals surface area (Å²) in [5.41, 5.74) is 0.438. The molecule has 15 heavy (non-hydrogen) atoms. The number of imidazole rings is 1. The number of aromatic nitrogens is 2. The molecule has 1 aromatic heterocycles. The third-order valence-corrected chi connectivity index (χ3v) is 2.12. The molecule has 0 aliphatic rings. The Morgan fingerprint density at radius 1 is 1.73 bits per heavy atom. The van der Waals surface area contributed by atoms with Crippen LogP contribution < -0.4 is 0 Å². The van der Waals surface area contributed by atoms with Gasteiger partial charge in [-0.2, -0.15) is 5.26 Å². The predicted molar refractivity (Wildman–Crippen MR) is 53.2 cm³/mol. The number of nitriles is 1. The van der Waals surface area contributed by atoms with Gasteiger partial charge in [-0.05, 0) is 13.3 Å². The van der Waals surface area contributed by atoms with E-state index in [4.69, 9.17) is 5.26 Å². The van der Waals surface area contributed by atoms with Gasteiger partial charge in [0.1, 0.15) is 11.5 Å². The van der Waals surface area contributed by atoms with Crippen LogP contribution in [0.5, 0.6) is 0 Å². The van der Waals surface area contributed by atoms with Crippen LogP contribution >= 0.6 is 0 Å². The molecule has 0 aliphatic carbocycles. The van der Waals surface area contributed by atoms with Gasteiger partial charge in [0.15, 0.2) is 0 Å². The minimum Gasteiger partial charge on any atom is -0.464 e. The van der Waals surface area contributed by atoms with Gasteiger partial charge in [0.25, 0.3) is 0 Å². The number of methoxy groups -OCH3 is 1. The second-order valence-electron chi connectivity index (χ2n) is 3.10. The fourth-order valence-corrected chi connectivity index (χ4v) is 1.33. The first-order valence-electron chi connectivity index (χ1n) is 4.68. The summed E-state index contributed by atoms with van der Waals surface area (Å²) < 4.78 is 6.40. The Labute approximate surface area is 88.3 Å². The predicted octanol–water partition coefficient (Wildman–Crippen LogP) is 1.28. The molecule has 1 aromatic rings. The number of unbranched alkanes of at least 4 members (excludes halogenated alkanes) is 1. The van der Waals surface area contributed by atoms with Crippen LogP contribution in [0.4, 0.5) is 0 Å². The Kier molecular flexibility index (Phi) is 3.86. The Bertz CT molecular complexity index is 390. The van der Waals surface area contributed by atoms with Crippen molar-refractivity contribution in [2.75, 3.05) is 7.11 Å². The van der Waals surface area contributed by atoms with Crippen molar-refractivity contribution in [3.8, 4) is 6.07 Å². The lowest BCUT2D eigenvalue weighted by molar-refractivity contribution is 0.0588. The molecule has 1 heterocycles. The van der Waals surface area contributed by atoms with Gasteiger partial charge in [-0.1, -0.05) is 0 Å². The third kappa shape index (κ3) is 2.56. The minimum absolute atomic E-state index is 0.396. The molecule has 0 fully saturated rings. The topological polar surface area (TPSA) is 67.9 Å². The SMILES string of the molecule is COC(=O)c1cnc(C)n1CCCC#N.